The highest BCUT2D eigenvalue weighted by atomic mass is 35.5. The van der Waals surface area contributed by atoms with Crippen molar-refractivity contribution in [3.8, 4) is 0 Å². The number of thiol groups is 1. The molecule has 1 unspecified atom stereocenters. The second-order valence-electron chi connectivity index (χ2n) is 3.56. The molecule has 0 saturated heterocycles. The van der Waals surface area contributed by atoms with Gasteiger partial charge in [0.25, 0.3) is 0 Å². The van der Waals surface area contributed by atoms with Gasteiger partial charge in [-0.3, -0.25) is 0 Å². The number of aromatic nitrogens is 1. The summed E-state index contributed by atoms with van der Waals surface area (Å²) in [6.07, 6.45) is -3.31. The van der Waals surface area contributed by atoms with Crippen LogP contribution in [-0.2, 0) is 0 Å². The van der Waals surface area contributed by atoms with Crippen LogP contribution in [0.25, 0.3) is 0 Å². The first-order chi connectivity index (χ1) is 8.79. The lowest BCUT2D eigenvalue weighted by molar-refractivity contribution is -0.389. The summed E-state index contributed by atoms with van der Waals surface area (Å²) in [5.41, 5.74) is -0.876. The van der Waals surface area contributed by atoms with Crippen LogP contribution < -0.4 is 0 Å². The molecule has 0 fully saturated rings. The average molecular weight is 311 g/mol. The van der Waals surface area contributed by atoms with E-state index < -0.39 is 27.6 Å². The predicted octanol–water partition coefficient (Wildman–Crippen LogP) is 3.89. The Morgan fingerprint density at radius 2 is 2.00 bits per heavy atom. The molecule has 0 aromatic carbocycles. The quantitative estimate of drug-likeness (QED) is 0.512. The van der Waals surface area contributed by atoms with Crippen molar-refractivity contribution in [3.05, 3.63) is 49.9 Å². The molecule has 0 spiro atoms. The average Bonchev–Trinajstić information content (AvgIpc) is 2.71. The maximum Gasteiger partial charge on any atom is 0.418 e. The van der Waals surface area contributed by atoms with Crippen molar-refractivity contribution in [2.45, 2.75) is 11.1 Å². The summed E-state index contributed by atoms with van der Waals surface area (Å²) >= 11 is 5.55. The highest BCUT2D eigenvalue weighted by Crippen LogP contribution is 2.51. The molecular formula is C10H6ClF3N2O2S. The zero-order valence-corrected chi connectivity index (χ0v) is 10.7. The van der Waals surface area contributed by atoms with Crippen LogP contribution in [0.15, 0.2) is 44.6 Å². The van der Waals surface area contributed by atoms with Gasteiger partial charge in [0.2, 0.25) is 0 Å². The van der Waals surface area contributed by atoms with E-state index in [-0.39, 0.29) is 10.9 Å². The highest BCUT2D eigenvalue weighted by molar-refractivity contribution is 8.22. The van der Waals surface area contributed by atoms with Gasteiger partial charge in [-0.1, -0.05) is 11.6 Å². The van der Waals surface area contributed by atoms with Crippen LogP contribution in [-0.4, -0.2) is 16.1 Å². The van der Waals surface area contributed by atoms with Gasteiger partial charge in [0.1, 0.15) is 0 Å². The van der Waals surface area contributed by atoms with Gasteiger partial charge in [0.05, 0.1) is 10.6 Å². The van der Waals surface area contributed by atoms with E-state index in [2.05, 4.69) is 4.98 Å². The number of nitrogens with zero attached hydrogens (tertiary/aromatic N) is 2. The third-order valence-corrected chi connectivity index (χ3v) is 4.70. The number of allylic oxidation sites excluding steroid dienone is 2. The Bertz CT molecular complexity index is 583. The van der Waals surface area contributed by atoms with Gasteiger partial charge in [-0.15, -0.1) is 0 Å². The molecule has 1 atom stereocenters. The van der Waals surface area contributed by atoms with Gasteiger partial charge in [0.15, 0.2) is 6.20 Å². The monoisotopic (exact) mass is 310 g/mol. The molecule has 4 nitrogen and oxygen atoms in total. The molecule has 19 heavy (non-hydrogen) atoms. The highest BCUT2D eigenvalue weighted by Gasteiger charge is 2.38. The number of hydrogen-bond acceptors (Lipinski definition) is 3. The normalized spacial score (nSPS) is 20.9. The van der Waals surface area contributed by atoms with Crippen LogP contribution in [0.5, 0.6) is 0 Å². The Hall–Kier alpha value is -1.54. The predicted molar refractivity (Wildman–Crippen MR) is 66.2 cm³/mol. The van der Waals surface area contributed by atoms with Crippen LogP contribution in [0.1, 0.15) is 0 Å². The Morgan fingerprint density at radius 1 is 1.32 bits per heavy atom. The van der Waals surface area contributed by atoms with Crippen molar-refractivity contribution in [1.82, 2.24) is 4.98 Å². The number of hydrogen-bond donors (Lipinski definition) is 1. The summed E-state index contributed by atoms with van der Waals surface area (Å²) in [6, 6.07) is 2.53. The molecule has 1 aromatic heterocycles. The van der Waals surface area contributed by atoms with Gasteiger partial charge >= 0.3 is 12.0 Å². The van der Waals surface area contributed by atoms with Crippen molar-refractivity contribution in [2.75, 3.05) is 0 Å². The van der Waals surface area contributed by atoms with Gasteiger partial charge in [0, 0.05) is 11.0 Å². The summed E-state index contributed by atoms with van der Waals surface area (Å²) in [5.74, 6) is -0.354. The van der Waals surface area contributed by atoms with Crippen molar-refractivity contribution in [1.29, 1.82) is 0 Å². The van der Waals surface area contributed by atoms with E-state index >= 15 is 0 Å². The molecule has 9 heteroatoms. The molecule has 2 heterocycles. The second kappa shape index (κ2) is 4.86. The van der Waals surface area contributed by atoms with Crippen LogP contribution >= 0.6 is 22.5 Å². The summed E-state index contributed by atoms with van der Waals surface area (Å²) < 4.78 is 37.7. The van der Waals surface area contributed by atoms with Crippen LogP contribution in [0, 0.1) is 10.1 Å². The van der Waals surface area contributed by atoms with Crippen molar-refractivity contribution >= 4 is 28.3 Å². The first kappa shape index (κ1) is 13.9. The fraction of sp³-hybridized carbons (Fsp3) is 0.100. The topological polar surface area (TPSA) is 56.0 Å². The zero-order valence-electron chi connectivity index (χ0n) is 9.06. The molecule has 0 bridgehead atoms. The number of pyridine rings is 1. The van der Waals surface area contributed by atoms with Crippen LogP contribution in [0.3, 0.4) is 0 Å². The molecule has 2 rings (SSSR count). The maximum atomic E-state index is 12.6. The van der Waals surface area contributed by atoms with Crippen molar-refractivity contribution < 1.29 is 18.1 Å². The molecule has 0 aliphatic carbocycles. The summed E-state index contributed by atoms with van der Waals surface area (Å²) in [7, 11) is -1.38. The molecule has 1 aliphatic heterocycles. The summed E-state index contributed by atoms with van der Waals surface area (Å²) in [4.78, 5) is 13.8. The van der Waals surface area contributed by atoms with E-state index in [4.69, 9.17) is 11.6 Å². The number of alkyl halides is 3. The Morgan fingerprint density at radius 3 is 2.42 bits per heavy atom. The van der Waals surface area contributed by atoms with Gasteiger partial charge in [-0.2, -0.15) is 24.1 Å². The molecule has 0 N–H and O–H groups in total. The Kier molecular flexibility index (Phi) is 3.55. The van der Waals surface area contributed by atoms with E-state index in [1.807, 2.05) is 0 Å². The third kappa shape index (κ3) is 2.90. The Labute approximate surface area is 113 Å². The SMILES string of the molecule is O=[N+]([O-])c1ccc([SH]2C=C(Cl)C(C(F)(F)F)=C2)cn1. The van der Waals surface area contributed by atoms with Gasteiger partial charge in [-0.05, 0) is 26.8 Å². The largest absolute Gasteiger partial charge is 0.418 e. The molecule has 1 aromatic rings. The smallest absolute Gasteiger partial charge is 0.358 e. The lowest BCUT2D eigenvalue weighted by Crippen LogP contribution is -2.10. The maximum absolute atomic E-state index is 12.6. The number of nitro groups is 1. The van der Waals surface area contributed by atoms with E-state index in [0.717, 1.165) is 11.5 Å². The summed E-state index contributed by atoms with van der Waals surface area (Å²) in [6.45, 7) is 0. The molecule has 102 valence electrons. The number of rotatable bonds is 2. The third-order valence-electron chi connectivity index (χ3n) is 2.30. The lowest BCUT2D eigenvalue weighted by Gasteiger charge is -2.08. The Balaban J connectivity index is 2.30. The zero-order chi connectivity index (χ0) is 14.2. The first-order valence-electron chi connectivity index (χ1n) is 4.84. The van der Waals surface area contributed by atoms with Crippen LogP contribution in [0.2, 0.25) is 0 Å². The van der Waals surface area contributed by atoms with E-state index in [0.29, 0.717) is 4.90 Å². The van der Waals surface area contributed by atoms with E-state index in [1.165, 1.54) is 17.7 Å². The van der Waals surface area contributed by atoms with Crippen LogP contribution in [0.4, 0.5) is 19.0 Å². The molecular weight excluding hydrogens is 305 g/mol. The summed E-state index contributed by atoms with van der Waals surface area (Å²) in [5, 5.41) is 12.4. The van der Waals surface area contributed by atoms with Gasteiger partial charge in [-0.25, -0.2) is 0 Å². The van der Waals surface area contributed by atoms with Crippen molar-refractivity contribution in [2.24, 2.45) is 0 Å². The molecule has 1 aliphatic rings. The molecule has 0 amide bonds. The minimum atomic E-state index is -4.50. The fourth-order valence-electron chi connectivity index (χ4n) is 1.43. The van der Waals surface area contributed by atoms with Gasteiger partial charge < -0.3 is 10.1 Å². The lowest BCUT2D eigenvalue weighted by atomic mass is 10.3. The fourth-order valence-corrected chi connectivity index (χ4v) is 3.74. The van der Waals surface area contributed by atoms with Crippen molar-refractivity contribution in [3.63, 3.8) is 0 Å². The standard InChI is InChI=1S/C10H6ClF3N2O2S/c11-8-5-19(4-7(8)10(12,13)14)6-1-2-9(15-3-6)16(17)18/h1-5,19H. The minimum Gasteiger partial charge on any atom is -0.358 e. The molecule has 0 radical (unpaired) electrons. The first-order valence-corrected chi connectivity index (χ1v) is 6.70. The van der Waals surface area contributed by atoms with E-state index in [1.54, 1.807) is 0 Å². The second-order valence-corrected chi connectivity index (χ2v) is 5.81. The van der Waals surface area contributed by atoms with E-state index in [9.17, 15) is 23.3 Å². The minimum absolute atomic E-state index is 0.350. The number of halogens is 4. The molecule has 0 saturated carbocycles.